The second kappa shape index (κ2) is 10.2. The molecule has 0 aliphatic heterocycles. The van der Waals surface area contributed by atoms with Crippen molar-refractivity contribution in [2.45, 2.75) is 58.2 Å². The molecule has 8 heteroatoms. The molecular formula is C25H30N4O3S. The van der Waals surface area contributed by atoms with Crippen LogP contribution in [0, 0.1) is 11.7 Å². The maximum Gasteiger partial charge on any atom is 0.240 e. The first-order valence-corrected chi connectivity index (χ1v) is 11.7. The highest BCUT2D eigenvalue weighted by Gasteiger charge is 2.20. The predicted octanol–water partition coefficient (Wildman–Crippen LogP) is 5.12. The van der Waals surface area contributed by atoms with Crippen LogP contribution in [0.4, 0.5) is 0 Å². The second-order valence-electron chi connectivity index (χ2n) is 8.53. The standard InChI is InChI=1S/C25H30N4O3S/c1-16-8-10-18(11-9-16)24-27-28-25(33)29(24)15-23(30)26-17(2)19-12-13-21(22(14-19)31-3)32-20-6-4-5-7-20/h8-14,17,20H,4-7,15H2,1-3H3,(H,26,30)(H,28,33). The summed E-state index contributed by atoms with van der Waals surface area (Å²) in [4.78, 5) is 12.9. The van der Waals surface area contributed by atoms with E-state index >= 15 is 0 Å². The molecule has 1 fully saturated rings. The molecule has 1 aromatic heterocycles. The first kappa shape index (κ1) is 23.0. The zero-order valence-corrected chi connectivity index (χ0v) is 20.1. The highest BCUT2D eigenvalue weighted by molar-refractivity contribution is 7.71. The minimum atomic E-state index is -0.212. The van der Waals surface area contributed by atoms with Crippen LogP contribution in [0.15, 0.2) is 42.5 Å². The van der Waals surface area contributed by atoms with E-state index < -0.39 is 0 Å². The molecule has 1 amide bonds. The van der Waals surface area contributed by atoms with Gasteiger partial charge in [-0.05, 0) is 69.4 Å². The van der Waals surface area contributed by atoms with E-state index in [0.717, 1.165) is 35.3 Å². The van der Waals surface area contributed by atoms with Gasteiger partial charge in [-0.2, -0.15) is 5.10 Å². The molecule has 0 spiro atoms. The topological polar surface area (TPSA) is 81.2 Å². The highest BCUT2D eigenvalue weighted by atomic mass is 32.1. The maximum atomic E-state index is 12.9. The molecule has 2 aromatic carbocycles. The summed E-state index contributed by atoms with van der Waals surface area (Å²) < 4.78 is 13.8. The van der Waals surface area contributed by atoms with Gasteiger partial charge in [0.2, 0.25) is 5.91 Å². The number of hydrogen-bond acceptors (Lipinski definition) is 5. The van der Waals surface area contributed by atoms with Gasteiger partial charge < -0.3 is 14.8 Å². The fourth-order valence-electron chi connectivity index (χ4n) is 4.14. The fourth-order valence-corrected chi connectivity index (χ4v) is 4.33. The van der Waals surface area contributed by atoms with E-state index in [1.165, 1.54) is 12.8 Å². The summed E-state index contributed by atoms with van der Waals surface area (Å²) in [5.74, 6) is 1.91. The van der Waals surface area contributed by atoms with E-state index in [4.69, 9.17) is 21.7 Å². The number of aryl methyl sites for hydroxylation is 1. The molecule has 0 bridgehead atoms. The number of benzene rings is 2. The summed E-state index contributed by atoms with van der Waals surface area (Å²) in [6.45, 7) is 4.04. The van der Waals surface area contributed by atoms with Crippen molar-refractivity contribution >= 4 is 18.1 Å². The molecule has 0 saturated heterocycles. The monoisotopic (exact) mass is 466 g/mol. The van der Waals surface area contributed by atoms with Gasteiger partial charge in [-0.1, -0.05) is 35.9 Å². The SMILES string of the molecule is COc1cc(C(C)NC(=O)Cn2c(-c3ccc(C)cc3)n[nH]c2=S)ccc1OC1CCCC1. The molecule has 0 radical (unpaired) electrons. The first-order valence-electron chi connectivity index (χ1n) is 11.3. The van der Waals surface area contributed by atoms with Crippen LogP contribution >= 0.6 is 12.2 Å². The summed E-state index contributed by atoms with van der Waals surface area (Å²) in [5, 5.41) is 10.2. The number of H-pyrrole nitrogens is 1. The van der Waals surface area contributed by atoms with Crippen LogP contribution in [0.25, 0.3) is 11.4 Å². The van der Waals surface area contributed by atoms with Crippen LogP contribution in [-0.2, 0) is 11.3 Å². The van der Waals surface area contributed by atoms with Crippen molar-refractivity contribution in [3.05, 3.63) is 58.4 Å². The third-order valence-electron chi connectivity index (χ3n) is 6.03. The summed E-state index contributed by atoms with van der Waals surface area (Å²) in [6.07, 6.45) is 4.84. The number of amides is 1. The van der Waals surface area contributed by atoms with Crippen LogP contribution < -0.4 is 14.8 Å². The molecule has 3 aromatic rings. The Morgan fingerprint density at radius 1 is 1.21 bits per heavy atom. The Morgan fingerprint density at radius 2 is 1.94 bits per heavy atom. The average Bonchev–Trinajstić information content (AvgIpc) is 3.45. The summed E-state index contributed by atoms with van der Waals surface area (Å²) in [7, 11) is 1.64. The molecule has 1 aliphatic carbocycles. The van der Waals surface area contributed by atoms with Crippen LogP contribution in [0.2, 0.25) is 0 Å². The lowest BCUT2D eigenvalue weighted by molar-refractivity contribution is -0.122. The van der Waals surface area contributed by atoms with Crippen molar-refractivity contribution in [1.29, 1.82) is 0 Å². The lowest BCUT2D eigenvalue weighted by atomic mass is 10.1. The van der Waals surface area contributed by atoms with Crippen LogP contribution in [0.3, 0.4) is 0 Å². The molecular weight excluding hydrogens is 436 g/mol. The third kappa shape index (κ3) is 5.45. The van der Waals surface area contributed by atoms with Gasteiger partial charge in [0.15, 0.2) is 22.1 Å². The summed E-state index contributed by atoms with van der Waals surface area (Å²) in [5.41, 5.74) is 2.99. The Hall–Kier alpha value is -3.13. The normalized spacial score (nSPS) is 14.8. The van der Waals surface area contributed by atoms with Gasteiger partial charge in [0, 0.05) is 5.56 Å². The molecule has 1 atom stereocenters. The quantitative estimate of drug-likeness (QED) is 0.450. The molecule has 174 valence electrons. The summed E-state index contributed by atoms with van der Waals surface area (Å²) >= 11 is 5.36. The largest absolute Gasteiger partial charge is 0.493 e. The smallest absolute Gasteiger partial charge is 0.240 e. The van der Waals surface area contributed by atoms with Crippen molar-refractivity contribution in [2.75, 3.05) is 7.11 Å². The first-order chi connectivity index (χ1) is 15.9. The minimum absolute atomic E-state index is 0.0723. The van der Waals surface area contributed by atoms with Crippen LogP contribution in [-0.4, -0.2) is 33.9 Å². The Balaban J connectivity index is 1.44. The Bertz CT molecular complexity index is 1160. The number of aromatic amines is 1. The maximum absolute atomic E-state index is 12.9. The van der Waals surface area contributed by atoms with E-state index in [1.54, 1.807) is 11.7 Å². The van der Waals surface area contributed by atoms with E-state index in [-0.39, 0.29) is 24.6 Å². The number of carbonyl (C=O) groups excluding carboxylic acids is 1. The van der Waals surface area contributed by atoms with E-state index in [2.05, 4.69) is 15.5 Å². The zero-order chi connectivity index (χ0) is 23.4. The number of hydrogen-bond donors (Lipinski definition) is 2. The highest BCUT2D eigenvalue weighted by Crippen LogP contribution is 2.33. The van der Waals surface area contributed by atoms with Crippen molar-refractivity contribution in [2.24, 2.45) is 0 Å². The van der Waals surface area contributed by atoms with Crippen LogP contribution in [0.1, 0.15) is 49.8 Å². The lowest BCUT2D eigenvalue weighted by Crippen LogP contribution is -2.30. The predicted molar refractivity (Wildman–Crippen MR) is 130 cm³/mol. The van der Waals surface area contributed by atoms with Crippen LogP contribution in [0.5, 0.6) is 11.5 Å². The van der Waals surface area contributed by atoms with Gasteiger partial charge >= 0.3 is 0 Å². The van der Waals surface area contributed by atoms with E-state index in [9.17, 15) is 4.79 Å². The van der Waals surface area contributed by atoms with E-state index in [0.29, 0.717) is 16.3 Å². The lowest BCUT2D eigenvalue weighted by Gasteiger charge is -2.19. The Kier molecular flexibility index (Phi) is 7.13. The fraction of sp³-hybridized carbons (Fsp3) is 0.400. The molecule has 2 N–H and O–H groups in total. The molecule has 1 heterocycles. The molecule has 1 aliphatic rings. The number of ether oxygens (including phenoxy) is 2. The Labute approximate surface area is 199 Å². The summed E-state index contributed by atoms with van der Waals surface area (Å²) in [6, 6.07) is 13.6. The third-order valence-corrected chi connectivity index (χ3v) is 6.34. The van der Waals surface area contributed by atoms with Crippen molar-refractivity contribution in [3.8, 4) is 22.9 Å². The van der Waals surface area contributed by atoms with Gasteiger partial charge in [-0.15, -0.1) is 0 Å². The number of nitrogens with zero attached hydrogens (tertiary/aromatic N) is 2. The number of rotatable bonds is 8. The van der Waals surface area contributed by atoms with Gasteiger partial charge in [0.1, 0.15) is 6.54 Å². The molecule has 4 rings (SSSR count). The van der Waals surface area contributed by atoms with Crippen molar-refractivity contribution < 1.29 is 14.3 Å². The van der Waals surface area contributed by atoms with E-state index in [1.807, 2.05) is 56.3 Å². The van der Waals surface area contributed by atoms with Crippen molar-refractivity contribution in [1.82, 2.24) is 20.1 Å². The van der Waals surface area contributed by atoms with Gasteiger partial charge in [-0.25, -0.2) is 0 Å². The van der Waals surface area contributed by atoms with Gasteiger partial charge in [-0.3, -0.25) is 14.5 Å². The number of methoxy groups -OCH3 is 1. The number of nitrogens with one attached hydrogen (secondary N) is 2. The minimum Gasteiger partial charge on any atom is -0.493 e. The molecule has 1 saturated carbocycles. The second-order valence-corrected chi connectivity index (χ2v) is 8.92. The van der Waals surface area contributed by atoms with Crippen molar-refractivity contribution in [3.63, 3.8) is 0 Å². The van der Waals surface area contributed by atoms with Gasteiger partial charge in [0.25, 0.3) is 0 Å². The Morgan fingerprint density at radius 3 is 2.64 bits per heavy atom. The molecule has 33 heavy (non-hydrogen) atoms. The number of aromatic nitrogens is 3. The zero-order valence-electron chi connectivity index (χ0n) is 19.3. The molecule has 7 nitrogen and oxygen atoms in total. The number of carbonyl (C=O) groups is 1. The average molecular weight is 467 g/mol. The molecule has 1 unspecified atom stereocenters. The van der Waals surface area contributed by atoms with Gasteiger partial charge in [0.05, 0.1) is 19.3 Å².